The first-order chi connectivity index (χ1) is 6.24. The van der Waals surface area contributed by atoms with E-state index in [1.165, 1.54) is 16.7 Å². The highest BCUT2D eigenvalue weighted by Crippen LogP contribution is 2.10. The molecular weight excluding hydrogens is 156 g/mol. The van der Waals surface area contributed by atoms with Crippen LogP contribution in [0.15, 0.2) is 42.5 Å². The Balaban J connectivity index is 2.80. The van der Waals surface area contributed by atoms with Gasteiger partial charge in [0, 0.05) is 0 Å². The largest absolute Gasteiger partial charge is 0.0958 e. The molecule has 0 aliphatic heterocycles. The van der Waals surface area contributed by atoms with Gasteiger partial charge in [0.2, 0.25) is 0 Å². The van der Waals surface area contributed by atoms with Crippen molar-refractivity contribution in [2.24, 2.45) is 0 Å². The van der Waals surface area contributed by atoms with Crippen LogP contribution in [0.2, 0.25) is 0 Å². The molecule has 0 spiro atoms. The van der Waals surface area contributed by atoms with Crippen molar-refractivity contribution < 1.29 is 0 Å². The van der Waals surface area contributed by atoms with E-state index in [9.17, 15) is 0 Å². The van der Waals surface area contributed by atoms with Crippen LogP contribution in [0.25, 0.3) is 6.08 Å². The lowest BCUT2D eigenvalue weighted by atomic mass is 10.1. The van der Waals surface area contributed by atoms with Gasteiger partial charge in [0.1, 0.15) is 0 Å². The Morgan fingerprint density at radius 3 is 2.69 bits per heavy atom. The Kier molecular flexibility index (Phi) is 3.51. The molecule has 0 N–H and O–H groups in total. The van der Waals surface area contributed by atoms with Crippen LogP contribution in [0.4, 0.5) is 0 Å². The van der Waals surface area contributed by atoms with Crippen LogP contribution in [0.5, 0.6) is 0 Å². The Labute approximate surface area is 80.6 Å². The van der Waals surface area contributed by atoms with Crippen molar-refractivity contribution in [1.82, 2.24) is 0 Å². The molecule has 0 aliphatic rings. The number of rotatable bonds is 3. The van der Waals surface area contributed by atoms with Crippen LogP contribution < -0.4 is 0 Å². The van der Waals surface area contributed by atoms with Crippen LogP contribution in [-0.2, 0) is 0 Å². The fraction of sp³-hybridized carbons (Fsp3) is 0.231. The van der Waals surface area contributed by atoms with E-state index in [1.807, 2.05) is 0 Å². The van der Waals surface area contributed by atoms with Gasteiger partial charge in [0.25, 0.3) is 0 Å². The average molecular weight is 172 g/mol. The second kappa shape index (κ2) is 4.66. The van der Waals surface area contributed by atoms with E-state index in [0.717, 1.165) is 6.42 Å². The van der Waals surface area contributed by atoms with E-state index in [4.69, 9.17) is 0 Å². The molecule has 0 aromatic heterocycles. The highest BCUT2D eigenvalue weighted by molar-refractivity contribution is 5.55. The smallest absolute Gasteiger partial charge is 0.0227 e. The molecule has 0 saturated heterocycles. The molecule has 13 heavy (non-hydrogen) atoms. The summed E-state index contributed by atoms with van der Waals surface area (Å²) >= 11 is 0. The summed E-state index contributed by atoms with van der Waals surface area (Å²) in [7, 11) is 0. The summed E-state index contributed by atoms with van der Waals surface area (Å²) in [6.07, 6.45) is 5.23. The summed E-state index contributed by atoms with van der Waals surface area (Å²) in [5.41, 5.74) is 3.75. The summed E-state index contributed by atoms with van der Waals surface area (Å²) in [4.78, 5) is 0. The van der Waals surface area contributed by atoms with Crippen molar-refractivity contribution in [2.75, 3.05) is 0 Å². The van der Waals surface area contributed by atoms with Crippen molar-refractivity contribution in [3.63, 3.8) is 0 Å². The summed E-state index contributed by atoms with van der Waals surface area (Å²) in [6, 6.07) is 8.35. The summed E-state index contributed by atoms with van der Waals surface area (Å²) < 4.78 is 0. The average Bonchev–Trinajstić information content (AvgIpc) is 2.16. The third-order valence-corrected chi connectivity index (χ3v) is 2.14. The second-order valence-corrected chi connectivity index (χ2v) is 3.20. The minimum Gasteiger partial charge on any atom is -0.0958 e. The minimum atomic E-state index is 1.02. The van der Waals surface area contributed by atoms with Gasteiger partial charge < -0.3 is 0 Å². The molecule has 0 nitrogen and oxygen atoms in total. The first-order valence-electron chi connectivity index (χ1n) is 4.65. The molecule has 0 heteroatoms. The van der Waals surface area contributed by atoms with Gasteiger partial charge in [0.15, 0.2) is 0 Å². The Bertz CT molecular complexity index is 319. The zero-order valence-corrected chi connectivity index (χ0v) is 8.38. The fourth-order valence-corrected chi connectivity index (χ4v) is 1.10. The molecule has 0 fully saturated rings. The maximum atomic E-state index is 3.93. The molecule has 0 heterocycles. The SMILES string of the molecule is C=C(/C=C\c1ccccc1C)CC. The number of hydrogen-bond donors (Lipinski definition) is 0. The van der Waals surface area contributed by atoms with Crippen molar-refractivity contribution in [3.8, 4) is 0 Å². The van der Waals surface area contributed by atoms with Crippen molar-refractivity contribution in [3.05, 3.63) is 53.6 Å². The fourth-order valence-electron chi connectivity index (χ4n) is 1.10. The Morgan fingerprint density at radius 2 is 2.08 bits per heavy atom. The molecule has 0 amide bonds. The molecule has 1 aromatic carbocycles. The van der Waals surface area contributed by atoms with Crippen LogP contribution in [0, 0.1) is 6.92 Å². The van der Waals surface area contributed by atoms with Gasteiger partial charge in [-0.1, -0.05) is 55.5 Å². The molecule has 68 valence electrons. The lowest BCUT2D eigenvalue weighted by Gasteiger charge is -1.98. The van der Waals surface area contributed by atoms with E-state index < -0.39 is 0 Å². The number of allylic oxidation sites excluding steroid dienone is 2. The summed E-state index contributed by atoms with van der Waals surface area (Å²) in [5.74, 6) is 0. The highest BCUT2D eigenvalue weighted by atomic mass is 14.0. The third kappa shape index (κ3) is 2.90. The van der Waals surface area contributed by atoms with Crippen molar-refractivity contribution in [1.29, 1.82) is 0 Å². The van der Waals surface area contributed by atoms with Crippen molar-refractivity contribution in [2.45, 2.75) is 20.3 Å². The Hall–Kier alpha value is -1.30. The predicted molar refractivity (Wildman–Crippen MR) is 59.6 cm³/mol. The quantitative estimate of drug-likeness (QED) is 0.605. The molecular formula is C13H16. The zero-order valence-electron chi connectivity index (χ0n) is 8.38. The number of aryl methyl sites for hydroxylation is 1. The summed E-state index contributed by atoms with van der Waals surface area (Å²) in [6.45, 7) is 8.17. The predicted octanol–water partition coefficient (Wildman–Crippen LogP) is 3.97. The van der Waals surface area contributed by atoms with Crippen LogP contribution >= 0.6 is 0 Å². The highest BCUT2D eigenvalue weighted by Gasteiger charge is 1.90. The van der Waals surface area contributed by atoms with Gasteiger partial charge >= 0.3 is 0 Å². The Morgan fingerprint density at radius 1 is 1.38 bits per heavy atom. The molecule has 0 bridgehead atoms. The molecule has 0 aliphatic carbocycles. The van der Waals surface area contributed by atoms with Gasteiger partial charge in [-0.3, -0.25) is 0 Å². The van der Waals surface area contributed by atoms with Gasteiger partial charge in [0.05, 0.1) is 0 Å². The monoisotopic (exact) mass is 172 g/mol. The van der Waals surface area contributed by atoms with Gasteiger partial charge in [-0.25, -0.2) is 0 Å². The molecule has 0 radical (unpaired) electrons. The molecule has 1 aromatic rings. The first-order valence-corrected chi connectivity index (χ1v) is 4.65. The second-order valence-electron chi connectivity index (χ2n) is 3.20. The van der Waals surface area contributed by atoms with Gasteiger partial charge in [-0.2, -0.15) is 0 Å². The third-order valence-electron chi connectivity index (χ3n) is 2.14. The zero-order chi connectivity index (χ0) is 9.68. The topological polar surface area (TPSA) is 0 Å². The van der Waals surface area contributed by atoms with Crippen LogP contribution in [0.3, 0.4) is 0 Å². The maximum Gasteiger partial charge on any atom is -0.0227 e. The van der Waals surface area contributed by atoms with Crippen LogP contribution in [0.1, 0.15) is 24.5 Å². The molecule has 1 rings (SSSR count). The summed E-state index contributed by atoms with van der Waals surface area (Å²) in [5, 5.41) is 0. The molecule has 0 atom stereocenters. The van der Waals surface area contributed by atoms with Crippen LogP contribution in [-0.4, -0.2) is 0 Å². The van der Waals surface area contributed by atoms with Gasteiger partial charge in [-0.05, 0) is 24.5 Å². The lowest BCUT2D eigenvalue weighted by Crippen LogP contribution is -1.78. The maximum absolute atomic E-state index is 3.93. The number of benzene rings is 1. The first kappa shape index (κ1) is 9.79. The van der Waals surface area contributed by atoms with Gasteiger partial charge in [-0.15, -0.1) is 0 Å². The molecule has 0 saturated carbocycles. The molecule has 0 unspecified atom stereocenters. The normalized spacial score (nSPS) is 10.6. The van der Waals surface area contributed by atoms with Crippen molar-refractivity contribution >= 4 is 6.08 Å². The van der Waals surface area contributed by atoms with E-state index in [-0.39, 0.29) is 0 Å². The lowest BCUT2D eigenvalue weighted by molar-refractivity contribution is 1.16. The van der Waals surface area contributed by atoms with E-state index in [1.54, 1.807) is 0 Å². The van der Waals surface area contributed by atoms with E-state index in [0.29, 0.717) is 0 Å². The standard InChI is InChI=1S/C13H16/c1-4-11(2)9-10-13-8-6-5-7-12(13)3/h5-10H,2,4H2,1,3H3/b10-9-. The van der Waals surface area contributed by atoms with E-state index >= 15 is 0 Å². The minimum absolute atomic E-state index is 1.02. The van der Waals surface area contributed by atoms with E-state index in [2.05, 4.69) is 56.8 Å². The number of hydrogen-bond acceptors (Lipinski definition) is 0.